The molecule has 0 aliphatic carbocycles. The highest BCUT2D eigenvalue weighted by molar-refractivity contribution is 9.10. The fraction of sp³-hybridized carbons (Fsp3) is 0.316. The van der Waals surface area contributed by atoms with E-state index in [9.17, 15) is 22.8 Å². The maximum Gasteiger partial charge on any atom is 0.416 e. The van der Waals surface area contributed by atoms with E-state index in [1.54, 1.807) is 36.4 Å². The molecular formula is C38H39BrF3NO5. The molecule has 0 atom stereocenters. The van der Waals surface area contributed by atoms with Crippen LogP contribution in [0, 0.1) is 0 Å². The van der Waals surface area contributed by atoms with Crippen LogP contribution < -0.4 is 14.8 Å². The van der Waals surface area contributed by atoms with Crippen molar-refractivity contribution in [3.8, 4) is 22.6 Å². The highest BCUT2D eigenvalue weighted by Crippen LogP contribution is 2.40. The first-order valence-electron chi connectivity index (χ1n) is 15.8. The van der Waals surface area contributed by atoms with Gasteiger partial charge in [-0.15, -0.1) is 0 Å². The van der Waals surface area contributed by atoms with Gasteiger partial charge >= 0.3 is 12.1 Å². The SMILES string of the molecule is COC(=O)c1ccc(COc2c(Br)cc(C(=O)NCCCCCCCCc3ccccc3)cc2-c2cccc(C(F)(F)F)c2)cc1OC. The molecule has 0 spiro atoms. The average Bonchev–Trinajstić information content (AvgIpc) is 3.09. The minimum absolute atomic E-state index is 0.000171. The summed E-state index contributed by atoms with van der Waals surface area (Å²) in [5.41, 5.74) is 2.25. The first-order valence-corrected chi connectivity index (χ1v) is 16.6. The minimum Gasteiger partial charge on any atom is -0.496 e. The second-order valence-electron chi connectivity index (χ2n) is 11.3. The Bertz CT molecular complexity index is 1680. The van der Waals surface area contributed by atoms with Crippen LogP contribution in [0.2, 0.25) is 0 Å². The number of hydrogen-bond acceptors (Lipinski definition) is 5. The molecule has 0 heterocycles. The zero-order valence-corrected chi connectivity index (χ0v) is 28.6. The van der Waals surface area contributed by atoms with Gasteiger partial charge in [0, 0.05) is 17.7 Å². The molecule has 0 bridgehead atoms. The van der Waals surface area contributed by atoms with E-state index in [-0.39, 0.29) is 40.7 Å². The predicted molar refractivity (Wildman–Crippen MR) is 183 cm³/mol. The fourth-order valence-electron chi connectivity index (χ4n) is 5.32. The number of amides is 1. The smallest absolute Gasteiger partial charge is 0.416 e. The number of carbonyl (C=O) groups is 2. The third kappa shape index (κ3) is 10.3. The van der Waals surface area contributed by atoms with Crippen LogP contribution in [0.15, 0.2) is 89.4 Å². The largest absolute Gasteiger partial charge is 0.496 e. The van der Waals surface area contributed by atoms with Gasteiger partial charge < -0.3 is 19.5 Å². The first kappa shape index (κ1) is 36.5. The van der Waals surface area contributed by atoms with E-state index in [2.05, 4.69) is 45.5 Å². The number of esters is 1. The van der Waals surface area contributed by atoms with Crippen molar-refractivity contribution in [2.75, 3.05) is 20.8 Å². The van der Waals surface area contributed by atoms with Gasteiger partial charge in [-0.3, -0.25) is 4.79 Å². The van der Waals surface area contributed by atoms with Gasteiger partial charge in [-0.1, -0.05) is 74.2 Å². The molecule has 10 heteroatoms. The van der Waals surface area contributed by atoms with Crippen molar-refractivity contribution < 1.29 is 37.0 Å². The van der Waals surface area contributed by atoms with Gasteiger partial charge in [0.1, 0.15) is 23.7 Å². The topological polar surface area (TPSA) is 73.9 Å². The lowest BCUT2D eigenvalue weighted by molar-refractivity contribution is -0.137. The van der Waals surface area contributed by atoms with Gasteiger partial charge in [0.25, 0.3) is 5.91 Å². The first-order chi connectivity index (χ1) is 23.1. The lowest BCUT2D eigenvalue weighted by atomic mass is 9.99. The summed E-state index contributed by atoms with van der Waals surface area (Å²) in [5, 5.41) is 2.94. The van der Waals surface area contributed by atoms with Crippen LogP contribution in [-0.4, -0.2) is 32.6 Å². The number of methoxy groups -OCH3 is 2. The van der Waals surface area contributed by atoms with Crippen molar-refractivity contribution in [2.45, 2.75) is 57.7 Å². The van der Waals surface area contributed by atoms with Crippen LogP contribution in [0.25, 0.3) is 11.1 Å². The Labute approximate surface area is 287 Å². The summed E-state index contributed by atoms with van der Waals surface area (Å²) in [7, 11) is 2.69. The molecule has 0 fully saturated rings. The lowest BCUT2D eigenvalue weighted by Crippen LogP contribution is -2.24. The average molecular weight is 727 g/mol. The van der Waals surface area contributed by atoms with E-state index >= 15 is 0 Å². The zero-order chi connectivity index (χ0) is 34.5. The summed E-state index contributed by atoms with van der Waals surface area (Å²) in [6.07, 6.45) is 2.87. The van der Waals surface area contributed by atoms with E-state index in [0.717, 1.165) is 57.1 Å². The van der Waals surface area contributed by atoms with E-state index in [0.29, 0.717) is 22.1 Å². The Morgan fingerprint density at radius 1 is 0.792 bits per heavy atom. The number of hydrogen-bond donors (Lipinski definition) is 1. The highest BCUT2D eigenvalue weighted by atomic mass is 79.9. The summed E-state index contributed by atoms with van der Waals surface area (Å²) in [6, 6.07) is 23.3. The second-order valence-corrected chi connectivity index (χ2v) is 12.2. The molecule has 0 saturated carbocycles. The van der Waals surface area contributed by atoms with E-state index in [1.165, 1.54) is 25.8 Å². The molecule has 0 unspecified atom stereocenters. The monoisotopic (exact) mass is 725 g/mol. The second kappa shape index (κ2) is 17.7. The van der Waals surface area contributed by atoms with Crippen LogP contribution >= 0.6 is 15.9 Å². The molecule has 1 N–H and O–H groups in total. The number of ether oxygens (including phenoxy) is 3. The molecule has 4 aromatic rings. The van der Waals surface area contributed by atoms with Gasteiger partial charge in [-0.25, -0.2) is 4.79 Å². The van der Waals surface area contributed by atoms with Gasteiger partial charge in [-0.2, -0.15) is 13.2 Å². The quantitative estimate of drug-likeness (QED) is 0.0920. The summed E-state index contributed by atoms with van der Waals surface area (Å²) in [4.78, 5) is 25.2. The molecule has 254 valence electrons. The van der Waals surface area contributed by atoms with Crippen molar-refractivity contribution in [2.24, 2.45) is 0 Å². The van der Waals surface area contributed by atoms with E-state index < -0.39 is 17.7 Å². The fourth-order valence-corrected chi connectivity index (χ4v) is 5.89. The van der Waals surface area contributed by atoms with E-state index in [4.69, 9.17) is 14.2 Å². The molecule has 0 radical (unpaired) electrons. The molecule has 48 heavy (non-hydrogen) atoms. The number of unbranched alkanes of at least 4 members (excludes halogenated alkanes) is 5. The number of alkyl halides is 3. The van der Waals surface area contributed by atoms with Crippen LogP contribution in [-0.2, 0) is 23.9 Å². The molecule has 0 aromatic heterocycles. The summed E-state index contributed by atoms with van der Waals surface area (Å²) in [5.74, 6) is -0.344. The third-order valence-electron chi connectivity index (χ3n) is 7.88. The Morgan fingerprint density at radius 3 is 2.23 bits per heavy atom. The van der Waals surface area contributed by atoms with Crippen molar-refractivity contribution in [3.63, 3.8) is 0 Å². The summed E-state index contributed by atoms with van der Waals surface area (Å²) >= 11 is 3.49. The molecule has 0 aliphatic heterocycles. The van der Waals surface area contributed by atoms with Crippen molar-refractivity contribution in [1.29, 1.82) is 0 Å². The molecule has 4 aromatic carbocycles. The number of nitrogens with one attached hydrogen (secondary N) is 1. The number of benzene rings is 4. The number of halogens is 4. The third-order valence-corrected chi connectivity index (χ3v) is 8.47. The number of aryl methyl sites for hydroxylation is 1. The molecule has 0 saturated heterocycles. The number of rotatable bonds is 16. The molecule has 0 aliphatic rings. The zero-order valence-electron chi connectivity index (χ0n) is 27.0. The molecule has 1 amide bonds. The van der Waals surface area contributed by atoms with Crippen molar-refractivity contribution >= 4 is 27.8 Å². The Balaban J connectivity index is 1.43. The Hall–Kier alpha value is -4.31. The molecular weight excluding hydrogens is 687 g/mol. The van der Waals surface area contributed by atoms with Crippen LogP contribution in [0.3, 0.4) is 0 Å². The summed E-state index contributed by atoms with van der Waals surface area (Å²) in [6.45, 7) is 0.487. The van der Waals surface area contributed by atoms with Gasteiger partial charge in [-0.05, 0) is 88.3 Å². The standard InChI is InChI=1S/C38H39BrF3NO5/c1-46-34-21-27(18-19-31(34)37(45)47-2)25-48-35-32(28-16-12-17-30(22-28)38(40,41)42)23-29(24-33(35)39)36(44)43-20-11-6-4-3-5-8-13-26-14-9-7-10-15-26/h7,9-10,12,14-19,21-24H,3-6,8,11,13,20,25H2,1-2H3,(H,43,44). The van der Waals surface area contributed by atoms with Crippen LogP contribution in [0.4, 0.5) is 13.2 Å². The Morgan fingerprint density at radius 2 is 1.52 bits per heavy atom. The minimum atomic E-state index is -4.55. The maximum absolute atomic E-state index is 13.6. The van der Waals surface area contributed by atoms with Crippen LogP contribution in [0.1, 0.15) is 75.9 Å². The van der Waals surface area contributed by atoms with Crippen molar-refractivity contribution in [3.05, 3.63) is 117 Å². The van der Waals surface area contributed by atoms with Crippen molar-refractivity contribution in [1.82, 2.24) is 5.32 Å². The summed E-state index contributed by atoms with van der Waals surface area (Å²) < 4.78 is 57.6. The maximum atomic E-state index is 13.6. The number of carbonyl (C=O) groups excluding carboxylic acids is 2. The normalized spacial score (nSPS) is 11.2. The van der Waals surface area contributed by atoms with Gasteiger partial charge in [0.15, 0.2) is 0 Å². The van der Waals surface area contributed by atoms with Gasteiger partial charge in [0.2, 0.25) is 0 Å². The predicted octanol–water partition coefficient (Wildman–Crippen LogP) is 9.82. The van der Waals surface area contributed by atoms with E-state index in [1.807, 2.05) is 6.07 Å². The molecule has 6 nitrogen and oxygen atoms in total. The molecule has 4 rings (SSSR count). The lowest BCUT2D eigenvalue weighted by Gasteiger charge is -2.17. The Kier molecular flexibility index (Phi) is 13.5. The van der Waals surface area contributed by atoms with Crippen LogP contribution in [0.5, 0.6) is 11.5 Å². The van der Waals surface area contributed by atoms with Gasteiger partial charge in [0.05, 0.1) is 24.3 Å². The highest BCUT2D eigenvalue weighted by Gasteiger charge is 2.31.